The van der Waals surface area contributed by atoms with Crippen molar-refractivity contribution in [2.24, 2.45) is 0 Å². The number of halogens is 2. The summed E-state index contributed by atoms with van der Waals surface area (Å²) in [7, 11) is 0. The van der Waals surface area contributed by atoms with E-state index >= 15 is 0 Å². The fourth-order valence-electron chi connectivity index (χ4n) is 2.71. The normalized spacial score (nSPS) is 10.9. The predicted molar refractivity (Wildman–Crippen MR) is 117 cm³/mol. The van der Waals surface area contributed by atoms with Crippen LogP contribution < -0.4 is 5.32 Å². The summed E-state index contributed by atoms with van der Waals surface area (Å²) in [5, 5.41) is 7.40. The maximum Gasteiger partial charge on any atom is 0.293 e. The molecule has 9 heteroatoms. The van der Waals surface area contributed by atoms with Crippen molar-refractivity contribution >= 4 is 29.3 Å². The number of carbonyl (C=O) groups is 1. The van der Waals surface area contributed by atoms with Crippen LogP contribution in [0.3, 0.4) is 0 Å². The minimum absolute atomic E-state index is 0.106. The highest BCUT2D eigenvalue weighted by Crippen LogP contribution is 2.26. The molecule has 0 atom stereocenters. The van der Waals surface area contributed by atoms with Gasteiger partial charge in [-0.15, -0.1) is 11.8 Å². The number of hydrogen-bond donors (Lipinski definition) is 1. The van der Waals surface area contributed by atoms with Gasteiger partial charge in [0.25, 0.3) is 5.89 Å². The maximum absolute atomic E-state index is 12.9. The number of amides is 1. The zero-order chi connectivity index (χ0) is 21.6. The highest BCUT2D eigenvalue weighted by molar-refractivity contribution is 7.99. The monoisotopic (exact) mass is 457 g/mol. The van der Waals surface area contributed by atoms with E-state index in [1.165, 1.54) is 23.9 Å². The fraction of sp³-hybridized carbons (Fsp3) is 0.136. The molecular formula is C22H17ClFN3O3S. The van der Waals surface area contributed by atoms with Crippen LogP contribution in [0.5, 0.6) is 0 Å². The molecule has 0 fully saturated rings. The summed E-state index contributed by atoms with van der Waals surface area (Å²) in [4.78, 5) is 16.3. The second kappa shape index (κ2) is 9.80. The lowest BCUT2D eigenvalue weighted by Crippen LogP contribution is -2.24. The molecule has 4 rings (SSSR count). The molecule has 6 nitrogen and oxygen atoms in total. The Hall–Kier alpha value is -3.10. The number of nitrogens with zero attached hydrogens (tertiary/aromatic N) is 2. The molecule has 0 radical (unpaired) electrons. The van der Waals surface area contributed by atoms with Crippen molar-refractivity contribution in [2.75, 3.05) is 5.75 Å². The van der Waals surface area contributed by atoms with E-state index in [0.717, 1.165) is 11.1 Å². The van der Waals surface area contributed by atoms with Gasteiger partial charge in [-0.3, -0.25) is 4.79 Å². The van der Waals surface area contributed by atoms with E-state index in [1.54, 1.807) is 30.3 Å². The van der Waals surface area contributed by atoms with Crippen molar-refractivity contribution in [3.05, 3.63) is 82.8 Å². The van der Waals surface area contributed by atoms with E-state index in [-0.39, 0.29) is 23.4 Å². The molecule has 4 aromatic rings. The average Bonchev–Trinajstić information content (AvgIpc) is 3.44. The van der Waals surface area contributed by atoms with Crippen molar-refractivity contribution in [1.29, 1.82) is 0 Å². The number of benzene rings is 2. The van der Waals surface area contributed by atoms with Crippen LogP contribution in [0.4, 0.5) is 4.39 Å². The quantitative estimate of drug-likeness (QED) is 0.384. The van der Waals surface area contributed by atoms with Gasteiger partial charge >= 0.3 is 0 Å². The molecule has 0 unspecified atom stereocenters. The molecule has 2 aromatic carbocycles. The second-order valence-corrected chi connectivity index (χ2v) is 8.01. The van der Waals surface area contributed by atoms with Gasteiger partial charge in [0.1, 0.15) is 11.6 Å². The van der Waals surface area contributed by atoms with Crippen LogP contribution >= 0.6 is 23.4 Å². The lowest BCUT2D eigenvalue weighted by Gasteiger charge is -2.05. The minimum atomic E-state index is -0.301. The second-order valence-electron chi connectivity index (χ2n) is 6.59. The summed E-state index contributed by atoms with van der Waals surface area (Å²) < 4.78 is 23.9. The average molecular weight is 458 g/mol. The number of furan rings is 1. The van der Waals surface area contributed by atoms with Crippen molar-refractivity contribution < 1.29 is 18.1 Å². The zero-order valence-electron chi connectivity index (χ0n) is 16.2. The number of rotatable bonds is 8. The molecule has 0 aliphatic carbocycles. The third kappa shape index (κ3) is 5.74. The van der Waals surface area contributed by atoms with Gasteiger partial charge in [-0.2, -0.15) is 4.98 Å². The first-order valence-electron chi connectivity index (χ1n) is 9.34. The van der Waals surface area contributed by atoms with Crippen LogP contribution in [-0.2, 0) is 17.1 Å². The van der Waals surface area contributed by atoms with Crippen LogP contribution in [0.25, 0.3) is 23.0 Å². The zero-order valence-corrected chi connectivity index (χ0v) is 17.8. The Bertz CT molecular complexity index is 1160. The van der Waals surface area contributed by atoms with Gasteiger partial charge in [-0.05, 0) is 54.1 Å². The number of thioether (sulfide) groups is 1. The highest BCUT2D eigenvalue weighted by Gasteiger charge is 2.14. The first-order chi connectivity index (χ1) is 15.1. The van der Waals surface area contributed by atoms with Gasteiger partial charge in [0, 0.05) is 17.1 Å². The van der Waals surface area contributed by atoms with Crippen LogP contribution in [0.2, 0.25) is 5.02 Å². The Morgan fingerprint density at radius 3 is 2.61 bits per heavy atom. The smallest absolute Gasteiger partial charge is 0.293 e. The van der Waals surface area contributed by atoms with E-state index in [9.17, 15) is 9.18 Å². The molecule has 1 N–H and O–H groups in total. The van der Waals surface area contributed by atoms with E-state index in [4.69, 9.17) is 20.5 Å². The van der Waals surface area contributed by atoms with Crippen molar-refractivity contribution in [2.45, 2.75) is 12.3 Å². The standard InChI is InChI=1S/C22H17ClFN3O3S/c23-16-5-3-15(4-6-16)21-26-22(30-27-21)19-10-9-18(29-19)12-31-13-20(28)25-11-14-1-7-17(24)8-2-14/h1-10H,11-13H2,(H,25,28). The molecule has 0 bridgehead atoms. The van der Waals surface area contributed by atoms with E-state index in [2.05, 4.69) is 15.5 Å². The Balaban J connectivity index is 1.26. The molecular weight excluding hydrogens is 441 g/mol. The number of hydrogen-bond acceptors (Lipinski definition) is 6. The molecule has 0 aliphatic heterocycles. The first kappa shape index (κ1) is 21.1. The number of nitrogens with one attached hydrogen (secondary N) is 1. The minimum Gasteiger partial charge on any atom is -0.455 e. The van der Waals surface area contributed by atoms with Crippen LogP contribution in [-0.4, -0.2) is 21.8 Å². The SMILES string of the molecule is O=C(CSCc1ccc(-c2nc(-c3ccc(Cl)cc3)no2)o1)NCc1ccc(F)cc1. The van der Waals surface area contributed by atoms with E-state index < -0.39 is 0 Å². The summed E-state index contributed by atoms with van der Waals surface area (Å²) in [6, 6.07) is 16.7. The molecule has 158 valence electrons. The Labute approximate surface area is 186 Å². The van der Waals surface area contributed by atoms with Gasteiger partial charge in [-0.25, -0.2) is 4.39 Å². The van der Waals surface area contributed by atoms with Gasteiger partial charge in [-0.1, -0.05) is 28.9 Å². The summed E-state index contributed by atoms with van der Waals surface area (Å²) in [6.45, 7) is 0.359. The molecule has 0 spiro atoms. The van der Waals surface area contributed by atoms with E-state index in [1.807, 2.05) is 18.2 Å². The molecule has 2 aromatic heterocycles. The Morgan fingerprint density at radius 2 is 1.84 bits per heavy atom. The predicted octanol–water partition coefficient (Wildman–Crippen LogP) is 5.34. The summed E-state index contributed by atoms with van der Waals surface area (Å²) in [5.41, 5.74) is 1.63. The summed E-state index contributed by atoms with van der Waals surface area (Å²) in [5.74, 6) is 2.26. The Kier molecular flexibility index (Phi) is 6.69. The third-order valence-electron chi connectivity index (χ3n) is 4.28. The Morgan fingerprint density at radius 1 is 1.06 bits per heavy atom. The van der Waals surface area contributed by atoms with Gasteiger partial charge < -0.3 is 14.3 Å². The molecule has 0 aliphatic rings. The lowest BCUT2D eigenvalue weighted by atomic mass is 10.2. The van der Waals surface area contributed by atoms with Gasteiger partial charge in [0.05, 0.1) is 11.5 Å². The molecule has 2 heterocycles. The molecule has 0 saturated carbocycles. The fourth-order valence-corrected chi connectivity index (χ4v) is 3.58. The van der Waals surface area contributed by atoms with Crippen LogP contribution in [0.1, 0.15) is 11.3 Å². The van der Waals surface area contributed by atoms with Gasteiger partial charge in [0.15, 0.2) is 5.76 Å². The maximum atomic E-state index is 12.9. The van der Waals surface area contributed by atoms with Crippen LogP contribution in [0, 0.1) is 5.82 Å². The first-order valence-corrected chi connectivity index (χ1v) is 10.9. The number of aromatic nitrogens is 2. The molecule has 31 heavy (non-hydrogen) atoms. The summed E-state index contributed by atoms with van der Waals surface area (Å²) in [6.07, 6.45) is 0. The topological polar surface area (TPSA) is 81.2 Å². The number of carbonyl (C=O) groups excluding carboxylic acids is 1. The molecule has 0 saturated heterocycles. The van der Waals surface area contributed by atoms with Crippen molar-refractivity contribution in [1.82, 2.24) is 15.5 Å². The highest BCUT2D eigenvalue weighted by atomic mass is 35.5. The lowest BCUT2D eigenvalue weighted by molar-refractivity contribution is -0.118. The third-order valence-corrected chi connectivity index (χ3v) is 5.49. The van der Waals surface area contributed by atoms with Crippen molar-refractivity contribution in [3.8, 4) is 23.0 Å². The van der Waals surface area contributed by atoms with E-state index in [0.29, 0.717) is 34.7 Å². The van der Waals surface area contributed by atoms with Crippen molar-refractivity contribution in [3.63, 3.8) is 0 Å². The van der Waals surface area contributed by atoms with Crippen LogP contribution in [0.15, 0.2) is 69.6 Å². The largest absolute Gasteiger partial charge is 0.455 e. The molecule has 1 amide bonds. The summed E-state index contributed by atoms with van der Waals surface area (Å²) >= 11 is 7.32. The van der Waals surface area contributed by atoms with Gasteiger partial charge in [0.2, 0.25) is 11.7 Å².